The summed E-state index contributed by atoms with van der Waals surface area (Å²) in [6, 6.07) is 1.55. The number of aliphatic hydroxyl groups is 1. The molecule has 0 spiro atoms. The van der Waals surface area contributed by atoms with Gasteiger partial charge in [0, 0.05) is 25.9 Å². The van der Waals surface area contributed by atoms with Gasteiger partial charge in [0.15, 0.2) is 5.96 Å². The van der Waals surface area contributed by atoms with Gasteiger partial charge in [-0.2, -0.15) is 23.5 Å². The average Bonchev–Trinajstić information content (AvgIpc) is 3.85. The molecular weight excluding hydrogens is 987 g/mol. The van der Waals surface area contributed by atoms with Crippen molar-refractivity contribution in [2.75, 3.05) is 43.7 Å². The summed E-state index contributed by atoms with van der Waals surface area (Å²) >= 11 is 2.76. The normalized spacial score (nSPS) is 16.1. The molecule has 73 heavy (non-hydrogen) atoms. The van der Waals surface area contributed by atoms with E-state index < -0.39 is 102 Å². The first-order valence-corrected chi connectivity index (χ1v) is 26.8. The Morgan fingerprint density at radius 3 is 1.63 bits per heavy atom. The zero-order valence-corrected chi connectivity index (χ0v) is 43.3. The van der Waals surface area contributed by atoms with Gasteiger partial charge in [-0.1, -0.05) is 38.1 Å². The molecule has 7 amide bonds. The van der Waals surface area contributed by atoms with E-state index in [2.05, 4.69) is 36.9 Å². The monoisotopic (exact) mass is 1060 g/mol. The first-order valence-electron chi connectivity index (χ1n) is 24.0. The summed E-state index contributed by atoms with van der Waals surface area (Å²) in [5, 5.41) is 55.6. The number of aliphatic carboxylic acids is 1. The Bertz CT molecular complexity index is 2180. The van der Waals surface area contributed by atoms with E-state index in [1.165, 1.54) is 77.0 Å². The van der Waals surface area contributed by atoms with Gasteiger partial charge in [0.25, 0.3) is 0 Å². The minimum Gasteiger partial charge on any atom is -0.508 e. The molecule has 0 radical (unpaired) electrons. The number of likely N-dealkylation sites (tertiary alicyclic amines) is 1. The number of aromatic hydroxyl groups is 2. The van der Waals surface area contributed by atoms with E-state index in [0.29, 0.717) is 41.9 Å². The van der Waals surface area contributed by atoms with Gasteiger partial charge in [0.1, 0.15) is 53.8 Å². The lowest BCUT2D eigenvalue weighted by Gasteiger charge is -2.29. The molecule has 1 aliphatic heterocycles. The Hall–Kier alpha value is -6.31. The molecule has 0 bridgehead atoms. The Morgan fingerprint density at radius 2 is 1.12 bits per heavy atom. The summed E-state index contributed by atoms with van der Waals surface area (Å²) in [4.78, 5) is 114. The van der Waals surface area contributed by atoms with E-state index in [9.17, 15) is 58.8 Å². The second kappa shape index (κ2) is 31.3. The number of phenolic OH excluding ortho intramolecular Hbond substituents is 2. The molecule has 1 heterocycles. The molecule has 0 aromatic heterocycles. The number of nitrogens with zero attached hydrogens (tertiary/aromatic N) is 2. The Labute approximate surface area is 433 Å². The fraction of sp³-hybridized carbons (Fsp3) is 0.562. The van der Waals surface area contributed by atoms with Crippen molar-refractivity contribution in [1.29, 1.82) is 0 Å². The van der Waals surface area contributed by atoms with Crippen molar-refractivity contribution in [1.82, 2.24) is 36.8 Å². The van der Waals surface area contributed by atoms with Crippen molar-refractivity contribution in [2.45, 2.75) is 120 Å². The molecule has 1 aliphatic rings. The Morgan fingerprint density at radius 1 is 0.671 bits per heavy atom. The lowest BCUT2D eigenvalue weighted by Crippen LogP contribution is -2.61. The van der Waals surface area contributed by atoms with Gasteiger partial charge in [-0.15, -0.1) is 0 Å². The van der Waals surface area contributed by atoms with Crippen molar-refractivity contribution in [3.63, 3.8) is 0 Å². The molecule has 0 aliphatic carbocycles. The number of aliphatic hydroxyl groups excluding tert-OH is 1. The van der Waals surface area contributed by atoms with Crippen LogP contribution in [0.25, 0.3) is 0 Å². The number of hydrogen-bond acceptors (Lipinski definition) is 15. The van der Waals surface area contributed by atoms with Crippen LogP contribution >= 0.6 is 23.5 Å². The highest BCUT2D eigenvalue weighted by atomic mass is 32.2. The second-order valence-electron chi connectivity index (χ2n) is 18.1. The Kier molecular flexibility index (Phi) is 26.2. The number of carbonyl (C=O) groups excluding carboxylic acids is 7. The lowest BCUT2D eigenvalue weighted by atomic mass is 10.00. The van der Waals surface area contributed by atoms with E-state index in [1.54, 1.807) is 26.4 Å². The number of nitrogens with one attached hydrogen (secondary N) is 6. The van der Waals surface area contributed by atoms with Crippen LogP contribution in [0, 0.1) is 5.92 Å². The number of carbonyl (C=O) groups is 8. The molecule has 2 aromatic carbocycles. The van der Waals surface area contributed by atoms with Gasteiger partial charge < -0.3 is 74.4 Å². The van der Waals surface area contributed by atoms with E-state index in [1.807, 2.05) is 0 Å². The number of hydrogen-bond donors (Lipinski definition) is 13. The molecule has 1 saturated heterocycles. The van der Waals surface area contributed by atoms with Gasteiger partial charge in [0.2, 0.25) is 41.4 Å². The van der Waals surface area contributed by atoms with Crippen molar-refractivity contribution in [2.24, 2.45) is 28.1 Å². The number of nitrogens with two attached hydrogens (primary N) is 3. The molecule has 16 N–H and O–H groups in total. The van der Waals surface area contributed by atoms with Crippen LogP contribution in [0.2, 0.25) is 0 Å². The zero-order chi connectivity index (χ0) is 54.2. The number of carboxylic acid groups (broad SMARTS) is 1. The number of rotatable bonds is 31. The predicted octanol–water partition coefficient (Wildman–Crippen LogP) is -1.21. The third kappa shape index (κ3) is 21.0. The third-order valence-electron chi connectivity index (χ3n) is 11.8. The predicted molar refractivity (Wildman–Crippen MR) is 278 cm³/mol. The van der Waals surface area contributed by atoms with Crippen LogP contribution in [0.5, 0.6) is 11.5 Å². The molecule has 25 heteroatoms. The highest BCUT2D eigenvalue weighted by Crippen LogP contribution is 2.20. The van der Waals surface area contributed by atoms with Gasteiger partial charge in [-0.3, -0.25) is 38.6 Å². The minimum atomic E-state index is -1.59. The summed E-state index contributed by atoms with van der Waals surface area (Å²) in [6.07, 6.45) is 5.04. The fourth-order valence-corrected chi connectivity index (χ4v) is 8.78. The molecule has 404 valence electrons. The molecule has 3 rings (SSSR count). The van der Waals surface area contributed by atoms with Crippen molar-refractivity contribution in [3.05, 3.63) is 59.7 Å². The number of amides is 7. The topological polar surface area (TPSA) is 383 Å². The molecule has 0 unspecified atom stereocenters. The van der Waals surface area contributed by atoms with Crippen LogP contribution in [0.1, 0.15) is 69.9 Å². The fourth-order valence-electron chi connectivity index (χ4n) is 7.84. The number of aliphatic imine (C=N–C) groups is 1. The van der Waals surface area contributed by atoms with Gasteiger partial charge in [0.05, 0.1) is 12.6 Å². The van der Waals surface area contributed by atoms with Crippen LogP contribution in [-0.4, -0.2) is 171 Å². The number of guanidine groups is 1. The second-order valence-corrected chi connectivity index (χ2v) is 20.0. The summed E-state index contributed by atoms with van der Waals surface area (Å²) in [5.41, 5.74) is 17.9. The number of thioether (sulfide) groups is 2. The largest absolute Gasteiger partial charge is 0.508 e. The number of phenols is 2. The molecule has 23 nitrogen and oxygen atoms in total. The summed E-state index contributed by atoms with van der Waals surface area (Å²) < 4.78 is 0. The Balaban J connectivity index is 1.78. The van der Waals surface area contributed by atoms with Crippen LogP contribution in [0.4, 0.5) is 0 Å². The smallest absolute Gasteiger partial charge is 0.326 e. The maximum Gasteiger partial charge on any atom is 0.326 e. The average molecular weight is 1060 g/mol. The molecular formula is C48H73N11O12S2. The summed E-state index contributed by atoms with van der Waals surface area (Å²) in [6.45, 7) is 3.24. The van der Waals surface area contributed by atoms with Crippen LogP contribution in [0.15, 0.2) is 53.5 Å². The van der Waals surface area contributed by atoms with E-state index in [-0.39, 0.29) is 75.0 Å². The standard InChI is InChI=1S/C48H73N11O12S2/c1-27(2)23-35(42(65)56-36(24-28-9-13-30(61)14-10-28)43(66)57-37(47(70)71)25-29-11-15-31(62)16-12-29)55-40(63)33(17-21-72-3)53-44(67)38(26-60)58-41(64)34(18-22-73-4)54-45(68)39-8-6-20-59(39)46(69)32(49)7-5-19-52-48(50)51/h9-16,27,32-39,60-62H,5-8,17-26,49H2,1-4H3,(H,53,67)(H,54,68)(H,55,63)(H,56,65)(H,57,66)(H,58,64)(H,70,71)(H4,50,51,52)/t32-,33-,34-,35-,36-,37-,38-,39-/m0/s1. The molecule has 0 saturated carbocycles. The molecule has 8 atom stereocenters. The van der Waals surface area contributed by atoms with Gasteiger partial charge in [-0.05, 0) is 110 Å². The van der Waals surface area contributed by atoms with Crippen LogP contribution in [-0.2, 0) is 51.2 Å². The molecule has 1 fully saturated rings. The van der Waals surface area contributed by atoms with E-state index in [0.717, 1.165) is 0 Å². The SMILES string of the molecule is CSCC[C@H](NC(=O)[C@H](CO)NC(=O)[C@H](CCSC)NC(=O)[C@@H]1CCCN1C(=O)[C@@H](N)CCCN=C(N)N)C(=O)N[C@@H](CC(C)C)C(=O)N[C@@H](Cc1ccc(O)cc1)C(=O)N[C@@H](Cc1ccc(O)cc1)C(=O)O. The van der Waals surface area contributed by atoms with Crippen molar-refractivity contribution >= 4 is 76.8 Å². The highest BCUT2D eigenvalue weighted by Gasteiger charge is 2.39. The first kappa shape index (κ1) is 61.0. The zero-order valence-electron chi connectivity index (χ0n) is 41.7. The van der Waals surface area contributed by atoms with E-state index in [4.69, 9.17) is 17.2 Å². The number of benzene rings is 2. The van der Waals surface area contributed by atoms with Crippen molar-refractivity contribution < 1.29 is 58.8 Å². The quantitative estimate of drug-likeness (QED) is 0.0239. The lowest BCUT2D eigenvalue weighted by molar-refractivity contribution is -0.142. The third-order valence-corrected chi connectivity index (χ3v) is 13.1. The summed E-state index contributed by atoms with van der Waals surface area (Å²) in [5.74, 6) is -6.19. The number of carboxylic acids is 1. The van der Waals surface area contributed by atoms with Crippen molar-refractivity contribution in [3.8, 4) is 11.5 Å². The van der Waals surface area contributed by atoms with Gasteiger partial charge in [-0.25, -0.2) is 4.79 Å². The summed E-state index contributed by atoms with van der Waals surface area (Å²) in [7, 11) is 0. The maximum atomic E-state index is 14.2. The van der Waals surface area contributed by atoms with Crippen LogP contribution < -0.4 is 49.1 Å². The maximum absolute atomic E-state index is 14.2. The van der Waals surface area contributed by atoms with Gasteiger partial charge >= 0.3 is 5.97 Å². The first-order chi connectivity index (χ1) is 34.7. The highest BCUT2D eigenvalue weighted by molar-refractivity contribution is 7.98. The van der Waals surface area contributed by atoms with E-state index >= 15 is 0 Å². The minimum absolute atomic E-state index is 0.0361. The molecule has 2 aromatic rings. The van der Waals surface area contributed by atoms with Crippen LogP contribution in [0.3, 0.4) is 0 Å².